The first-order valence-electron chi connectivity index (χ1n) is 3.22. The fourth-order valence-corrected chi connectivity index (χ4v) is 0.624. The van der Waals surface area contributed by atoms with Crippen LogP contribution in [0.5, 0.6) is 0 Å². The first-order chi connectivity index (χ1) is 4.85. The van der Waals surface area contributed by atoms with Crippen molar-refractivity contribution in [3.05, 3.63) is 0 Å². The molecule has 3 nitrogen and oxygen atoms in total. The highest BCUT2D eigenvalue weighted by Crippen LogP contribution is 2.05. The molecule has 0 aromatic heterocycles. The zero-order valence-corrected chi connectivity index (χ0v) is 5.75. The number of nitriles is 2. The zero-order valence-electron chi connectivity index (χ0n) is 5.75. The quantitative estimate of drug-likeness (QED) is 0.584. The molecule has 0 radical (unpaired) electrons. The topological polar surface area (TPSA) is 67.8 Å². The minimum Gasteiger partial charge on any atom is -0.395 e. The summed E-state index contributed by atoms with van der Waals surface area (Å²) in [5.74, 6) is -0.284. The maximum atomic E-state index is 8.52. The lowest BCUT2D eigenvalue weighted by Crippen LogP contribution is -2.01. The van der Waals surface area contributed by atoms with Gasteiger partial charge in [-0.25, -0.2) is 0 Å². The lowest BCUT2D eigenvalue weighted by atomic mass is 10.1. The van der Waals surface area contributed by atoms with Gasteiger partial charge in [-0.1, -0.05) is 0 Å². The molecule has 0 bridgehead atoms. The normalized spacial score (nSPS) is 11.5. The first kappa shape index (κ1) is 8.94. The van der Waals surface area contributed by atoms with Crippen molar-refractivity contribution in [1.29, 1.82) is 10.5 Å². The van der Waals surface area contributed by atoms with Gasteiger partial charge in [0.2, 0.25) is 0 Å². The molecule has 0 fully saturated rings. The van der Waals surface area contributed by atoms with Crippen LogP contribution in [0.1, 0.15) is 19.3 Å². The summed E-state index contributed by atoms with van der Waals surface area (Å²) in [6.45, 7) is -0.0953. The van der Waals surface area contributed by atoms with Crippen LogP contribution in [0, 0.1) is 28.6 Å². The molecular formula is C7H10N2O. The van der Waals surface area contributed by atoms with E-state index in [1.807, 2.05) is 12.1 Å². The Morgan fingerprint density at radius 2 is 2.10 bits per heavy atom. The van der Waals surface area contributed by atoms with E-state index >= 15 is 0 Å². The van der Waals surface area contributed by atoms with Crippen molar-refractivity contribution >= 4 is 0 Å². The van der Waals surface area contributed by atoms with E-state index in [0.717, 1.165) is 0 Å². The van der Waals surface area contributed by atoms with Crippen molar-refractivity contribution in [3.8, 4) is 12.1 Å². The minimum absolute atomic E-state index is 0.0953. The van der Waals surface area contributed by atoms with Gasteiger partial charge in [-0.2, -0.15) is 10.5 Å². The van der Waals surface area contributed by atoms with Crippen LogP contribution in [-0.2, 0) is 0 Å². The van der Waals surface area contributed by atoms with E-state index in [4.69, 9.17) is 15.6 Å². The van der Waals surface area contributed by atoms with Crippen LogP contribution in [0.15, 0.2) is 0 Å². The summed E-state index contributed by atoms with van der Waals surface area (Å²) in [7, 11) is 0. The van der Waals surface area contributed by atoms with Gasteiger partial charge in [0.15, 0.2) is 0 Å². The number of hydrogen-bond donors (Lipinski definition) is 1. The second-order valence-electron chi connectivity index (χ2n) is 2.06. The van der Waals surface area contributed by atoms with E-state index in [9.17, 15) is 0 Å². The second kappa shape index (κ2) is 6.07. The molecular weight excluding hydrogens is 128 g/mol. The molecule has 0 saturated heterocycles. The molecule has 0 aliphatic rings. The smallest absolute Gasteiger partial charge is 0.0694 e. The van der Waals surface area contributed by atoms with Crippen LogP contribution < -0.4 is 0 Å². The van der Waals surface area contributed by atoms with Gasteiger partial charge in [0.1, 0.15) is 0 Å². The highest BCUT2D eigenvalue weighted by atomic mass is 16.3. The number of aliphatic hydroxyl groups excluding tert-OH is 1. The van der Waals surface area contributed by atoms with Gasteiger partial charge in [-0.05, 0) is 12.8 Å². The Bertz CT molecular complexity index is 154. The molecule has 10 heavy (non-hydrogen) atoms. The molecule has 54 valence electrons. The summed E-state index contributed by atoms with van der Waals surface area (Å²) in [6.07, 6.45) is 1.80. The molecule has 0 aromatic carbocycles. The average Bonchev–Trinajstić information content (AvgIpc) is 1.99. The Morgan fingerprint density at radius 3 is 2.50 bits per heavy atom. The van der Waals surface area contributed by atoms with Gasteiger partial charge in [-0.15, -0.1) is 0 Å². The fraction of sp³-hybridized carbons (Fsp3) is 0.714. The van der Waals surface area contributed by atoms with Crippen molar-refractivity contribution in [2.24, 2.45) is 5.92 Å². The Labute approximate surface area is 60.5 Å². The predicted octanol–water partition coefficient (Wildman–Crippen LogP) is 0.812. The molecule has 1 atom stereocenters. The standard InChI is InChI=1S/C7H10N2O/c8-4-2-1-3-7(5-9)6-10/h7,10H,1-3,6H2. The third-order valence-electron chi connectivity index (χ3n) is 1.24. The third kappa shape index (κ3) is 3.88. The Hall–Kier alpha value is -1.06. The Kier molecular flexibility index (Phi) is 5.42. The largest absolute Gasteiger partial charge is 0.395 e. The number of unbranched alkanes of at least 4 members (excludes halogenated alkanes) is 1. The summed E-state index contributed by atoms with van der Waals surface area (Å²) < 4.78 is 0. The number of hydrogen-bond acceptors (Lipinski definition) is 3. The van der Waals surface area contributed by atoms with E-state index in [1.54, 1.807) is 0 Å². The first-order valence-corrected chi connectivity index (χ1v) is 3.22. The summed E-state index contributed by atoms with van der Waals surface area (Å²) in [5, 5.41) is 25.0. The molecule has 0 aromatic rings. The van der Waals surface area contributed by atoms with Crippen LogP contribution in [-0.4, -0.2) is 11.7 Å². The van der Waals surface area contributed by atoms with E-state index in [1.165, 1.54) is 0 Å². The van der Waals surface area contributed by atoms with Crippen molar-refractivity contribution in [2.75, 3.05) is 6.61 Å². The summed E-state index contributed by atoms with van der Waals surface area (Å²) in [6, 6.07) is 3.93. The molecule has 0 aliphatic heterocycles. The monoisotopic (exact) mass is 138 g/mol. The van der Waals surface area contributed by atoms with Gasteiger partial charge >= 0.3 is 0 Å². The fourth-order valence-electron chi connectivity index (χ4n) is 0.624. The zero-order chi connectivity index (χ0) is 7.82. The van der Waals surface area contributed by atoms with Crippen molar-refractivity contribution in [1.82, 2.24) is 0 Å². The lowest BCUT2D eigenvalue weighted by Gasteiger charge is -2.00. The molecule has 1 unspecified atom stereocenters. The van der Waals surface area contributed by atoms with Crippen LogP contribution in [0.4, 0.5) is 0 Å². The van der Waals surface area contributed by atoms with Crippen LogP contribution in [0.2, 0.25) is 0 Å². The van der Waals surface area contributed by atoms with Crippen molar-refractivity contribution in [2.45, 2.75) is 19.3 Å². The van der Waals surface area contributed by atoms with Crippen molar-refractivity contribution in [3.63, 3.8) is 0 Å². The molecule has 0 heterocycles. The van der Waals surface area contributed by atoms with Gasteiger partial charge in [0, 0.05) is 6.42 Å². The maximum absolute atomic E-state index is 8.52. The second-order valence-corrected chi connectivity index (χ2v) is 2.06. The maximum Gasteiger partial charge on any atom is 0.0694 e. The van der Waals surface area contributed by atoms with Gasteiger partial charge < -0.3 is 5.11 Å². The van der Waals surface area contributed by atoms with E-state index in [0.29, 0.717) is 19.3 Å². The SMILES string of the molecule is N#CCCCC(C#N)CO. The molecule has 0 spiro atoms. The summed E-state index contributed by atoms with van der Waals surface area (Å²) in [5.41, 5.74) is 0. The molecule has 0 rings (SSSR count). The number of aliphatic hydroxyl groups is 1. The van der Waals surface area contributed by atoms with Gasteiger partial charge in [0.05, 0.1) is 24.7 Å². The molecule has 1 N–H and O–H groups in total. The van der Waals surface area contributed by atoms with E-state index < -0.39 is 0 Å². The van der Waals surface area contributed by atoms with Crippen LogP contribution >= 0.6 is 0 Å². The number of nitrogens with zero attached hydrogens (tertiary/aromatic N) is 2. The molecule has 0 amide bonds. The molecule has 0 saturated carbocycles. The van der Waals surface area contributed by atoms with Crippen LogP contribution in [0.25, 0.3) is 0 Å². The van der Waals surface area contributed by atoms with E-state index in [2.05, 4.69) is 0 Å². The number of rotatable bonds is 4. The van der Waals surface area contributed by atoms with E-state index in [-0.39, 0.29) is 12.5 Å². The Morgan fingerprint density at radius 1 is 1.40 bits per heavy atom. The highest BCUT2D eigenvalue weighted by Gasteiger charge is 2.03. The highest BCUT2D eigenvalue weighted by molar-refractivity contribution is 4.82. The Balaban J connectivity index is 3.30. The lowest BCUT2D eigenvalue weighted by molar-refractivity contribution is 0.248. The predicted molar refractivity (Wildman–Crippen MR) is 35.7 cm³/mol. The third-order valence-corrected chi connectivity index (χ3v) is 1.24. The van der Waals surface area contributed by atoms with Crippen LogP contribution in [0.3, 0.4) is 0 Å². The van der Waals surface area contributed by atoms with Gasteiger partial charge in [-0.3, -0.25) is 0 Å². The average molecular weight is 138 g/mol. The van der Waals surface area contributed by atoms with Gasteiger partial charge in [0.25, 0.3) is 0 Å². The van der Waals surface area contributed by atoms with Crippen molar-refractivity contribution < 1.29 is 5.11 Å². The summed E-state index contributed by atoms with van der Waals surface area (Å²) >= 11 is 0. The molecule has 0 aliphatic carbocycles. The minimum atomic E-state index is -0.284. The summed E-state index contributed by atoms with van der Waals surface area (Å²) in [4.78, 5) is 0. The molecule has 3 heteroatoms.